The highest BCUT2D eigenvalue weighted by Crippen LogP contribution is 2.23. The molecule has 5 nitrogen and oxygen atoms in total. The smallest absolute Gasteiger partial charge is 0.307 e. The van der Waals surface area contributed by atoms with Gasteiger partial charge in [0.05, 0.1) is 19.2 Å². The molecule has 0 aromatic heterocycles. The lowest BCUT2D eigenvalue weighted by atomic mass is 10.1. The quantitative estimate of drug-likeness (QED) is 0.560. The number of rotatable bonds is 8. The topological polar surface area (TPSA) is 64.6 Å². The largest absolute Gasteiger partial charge is 0.495 e. The number of hydrogen-bond donors (Lipinski definition) is 1. The summed E-state index contributed by atoms with van der Waals surface area (Å²) in [5.41, 5.74) is 3.02. The first-order chi connectivity index (χ1) is 12.5. The van der Waals surface area contributed by atoms with E-state index in [2.05, 4.69) is 31.3 Å². The Balaban J connectivity index is 1.71. The van der Waals surface area contributed by atoms with E-state index in [1.165, 1.54) is 18.2 Å². The zero-order valence-corrected chi connectivity index (χ0v) is 16.0. The van der Waals surface area contributed by atoms with E-state index < -0.39 is 11.9 Å². The van der Waals surface area contributed by atoms with Crippen LogP contribution in [0.3, 0.4) is 0 Å². The zero-order valence-electron chi connectivity index (χ0n) is 15.2. The number of nitrogens with one attached hydrogen (secondary N) is 1. The Morgan fingerprint density at radius 3 is 2.58 bits per heavy atom. The van der Waals surface area contributed by atoms with Gasteiger partial charge in [-0.1, -0.05) is 18.2 Å². The van der Waals surface area contributed by atoms with Gasteiger partial charge in [-0.15, -0.1) is 11.8 Å². The molecule has 0 unspecified atom stereocenters. The molecular formula is C20H23NO4S. The van der Waals surface area contributed by atoms with Crippen LogP contribution < -0.4 is 10.1 Å². The summed E-state index contributed by atoms with van der Waals surface area (Å²) in [6.45, 7) is 3.82. The third kappa shape index (κ3) is 6.11. The van der Waals surface area contributed by atoms with Crippen molar-refractivity contribution in [1.29, 1.82) is 0 Å². The molecule has 0 aliphatic rings. The van der Waals surface area contributed by atoms with Crippen molar-refractivity contribution >= 4 is 29.3 Å². The van der Waals surface area contributed by atoms with E-state index in [1.807, 2.05) is 12.1 Å². The molecule has 0 bridgehead atoms. The summed E-state index contributed by atoms with van der Waals surface area (Å²) >= 11 is 1.60. The molecule has 0 atom stereocenters. The molecule has 0 heterocycles. The number of benzene rings is 2. The number of aryl methyl sites for hydroxylation is 2. The Morgan fingerprint density at radius 2 is 1.85 bits per heavy atom. The van der Waals surface area contributed by atoms with Crippen molar-refractivity contribution in [3.05, 3.63) is 53.6 Å². The van der Waals surface area contributed by atoms with Gasteiger partial charge in [-0.3, -0.25) is 9.59 Å². The van der Waals surface area contributed by atoms with E-state index in [0.717, 1.165) is 4.90 Å². The first-order valence-electron chi connectivity index (χ1n) is 8.28. The van der Waals surface area contributed by atoms with Crippen LogP contribution in [0.1, 0.15) is 17.5 Å². The Bertz CT molecular complexity index is 776. The molecule has 1 N–H and O–H groups in total. The molecule has 6 heteroatoms. The monoisotopic (exact) mass is 373 g/mol. The van der Waals surface area contributed by atoms with Gasteiger partial charge < -0.3 is 14.8 Å². The normalized spacial score (nSPS) is 10.3. The van der Waals surface area contributed by atoms with Gasteiger partial charge in [-0.2, -0.15) is 0 Å². The molecule has 138 valence electrons. The standard InChI is InChI=1S/C20H23NO4S/c1-14-8-9-16(12-15(14)2)26-11-10-20(23)25-13-19(22)21-17-6-4-5-7-18(17)24-3/h4-9,12H,10-11,13H2,1-3H3,(H,21,22). The summed E-state index contributed by atoms with van der Waals surface area (Å²) in [6, 6.07) is 13.3. The summed E-state index contributed by atoms with van der Waals surface area (Å²) in [7, 11) is 1.53. The minimum absolute atomic E-state index is 0.250. The number of carbonyl (C=O) groups is 2. The van der Waals surface area contributed by atoms with Gasteiger partial charge in [0.2, 0.25) is 0 Å². The molecule has 26 heavy (non-hydrogen) atoms. The number of ether oxygens (including phenoxy) is 2. The fraction of sp³-hybridized carbons (Fsp3) is 0.300. The lowest BCUT2D eigenvalue weighted by Gasteiger charge is -2.10. The minimum Gasteiger partial charge on any atom is -0.495 e. The fourth-order valence-corrected chi connectivity index (χ4v) is 3.14. The lowest BCUT2D eigenvalue weighted by molar-refractivity contribution is -0.146. The summed E-state index contributed by atoms with van der Waals surface area (Å²) in [5, 5.41) is 2.66. The second kappa shape index (κ2) is 9.87. The molecule has 0 aliphatic heterocycles. The molecule has 0 aliphatic carbocycles. The van der Waals surface area contributed by atoms with Crippen molar-refractivity contribution in [1.82, 2.24) is 0 Å². The maximum atomic E-state index is 11.9. The van der Waals surface area contributed by atoms with Crippen LogP contribution in [0.4, 0.5) is 5.69 Å². The SMILES string of the molecule is COc1ccccc1NC(=O)COC(=O)CCSc1ccc(C)c(C)c1. The Kier molecular flexibility index (Phi) is 7.53. The van der Waals surface area contributed by atoms with Crippen molar-refractivity contribution in [2.45, 2.75) is 25.2 Å². The van der Waals surface area contributed by atoms with Gasteiger partial charge in [-0.25, -0.2) is 0 Å². The van der Waals surface area contributed by atoms with Gasteiger partial charge >= 0.3 is 5.97 Å². The number of esters is 1. The Hall–Kier alpha value is -2.47. The number of para-hydroxylation sites is 2. The van der Waals surface area contributed by atoms with E-state index in [4.69, 9.17) is 9.47 Å². The van der Waals surface area contributed by atoms with Crippen LogP contribution in [0.2, 0.25) is 0 Å². The van der Waals surface area contributed by atoms with Gasteiger partial charge in [0, 0.05) is 10.6 Å². The van der Waals surface area contributed by atoms with Crippen LogP contribution in [0.5, 0.6) is 5.75 Å². The molecule has 2 aromatic rings. The maximum Gasteiger partial charge on any atom is 0.307 e. The predicted octanol–water partition coefficient (Wildman–Crippen LogP) is 3.98. The van der Waals surface area contributed by atoms with Crippen molar-refractivity contribution in [2.75, 3.05) is 24.8 Å². The Morgan fingerprint density at radius 1 is 1.08 bits per heavy atom. The number of thioether (sulfide) groups is 1. The van der Waals surface area contributed by atoms with Gasteiger partial charge in [0.25, 0.3) is 5.91 Å². The van der Waals surface area contributed by atoms with E-state index in [9.17, 15) is 9.59 Å². The van der Waals surface area contributed by atoms with Crippen LogP contribution in [0.15, 0.2) is 47.4 Å². The summed E-state index contributed by atoms with van der Waals surface area (Å²) < 4.78 is 10.2. The molecule has 2 rings (SSSR count). The second-order valence-electron chi connectivity index (χ2n) is 5.75. The minimum atomic E-state index is -0.398. The van der Waals surface area contributed by atoms with Crippen LogP contribution in [0.25, 0.3) is 0 Å². The average molecular weight is 373 g/mol. The third-order valence-electron chi connectivity index (χ3n) is 3.80. The molecule has 2 aromatic carbocycles. The van der Waals surface area contributed by atoms with Crippen molar-refractivity contribution in [2.24, 2.45) is 0 Å². The van der Waals surface area contributed by atoms with E-state index in [0.29, 0.717) is 17.2 Å². The molecular weight excluding hydrogens is 350 g/mol. The summed E-state index contributed by atoms with van der Waals surface area (Å²) in [5.74, 6) is 0.369. The first kappa shape index (κ1) is 19.8. The van der Waals surface area contributed by atoms with Crippen LogP contribution in [-0.4, -0.2) is 31.3 Å². The fourth-order valence-electron chi connectivity index (χ4n) is 2.21. The number of carbonyl (C=O) groups excluding carboxylic acids is 2. The highest BCUT2D eigenvalue weighted by atomic mass is 32.2. The second-order valence-corrected chi connectivity index (χ2v) is 6.92. The summed E-state index contributed by atoms with van der Waals surface area (Å²) in [6.07, 6.45) is 0.250. The van der Waals surface area contributed by atoms with Gasteiger partial charge in [-0.05, 0) is 49.2 Å². The van der Waals surface area contributed by atoms with Crippen molar-refractivity contribution < 1.29 is 19.1 Å². The number of amides is 1. The van der Waals surface area contributed by atoms with Crippen LogP contribution in [-0.2, 0) is 14.3 Å². The highest BCUT2D eigenvalue weighted by Gasteiger charge is 2.10. The lowest BCUT2D eigenvalue weighted by Crippen LogP contribution is -2.21. The van der Waals surface area contributed by atoms with E-state index >= 15 is 0 Å². The molecule has 1 amide bonds. The number of anilines is 1. The number of hydrogen-bond acceptors (Lipinski definition) is 5. The summed E-state index contributed by atoms with van der Waals surface area (Å²) in [4.78, 5) is 24.8. The predicted molar refractivity (Wildman–Crippen MR) is 104 cm³/mol. The van der Waals surface area contributed by atoms with E-state index in [-0.39, 0.29) is 13.0 Å². The van der Waals surface area contributed by atoms with Crippen molar-refractivity contribution in [3.63, 3.8) is 0 Å². The zero-order chi connectivity index (χ0) is 18.9. The van der Waals surface area contributed by atoms with Crippen molar-refractivity contribution in [3.8, 4) is 5.75 Å². The first-order valence-corrected chi connectivity index (χ1v) is 9.26. The molecule has 0 saturated carbocycles. The third-order valence-corrected chi connectivity index (χ3v) is 4.79. The average Bonchev–Trinajstić information content (AvgIpc) is 2.63. The Labute approximate surface area is 158 Å². The van der Waals surface area contributed by atoms with Gasteiger partial charge in [0.1, 0.15) is 5.75 Å². The molecule has 0 fully saturated rings. The van der Waals surface area contributed by atoms with Crippen LogP contribution in [0, 0.1) is 13.8 Å². The number of methoxy groups -OCH3 is 1. The highest BCUT2D eigenvalue weighted by molar-refractivity contribution is 7.99. The molecule has 0 radical (unpaired) electrons. The molecule has 0 spiro atoms. The molecule has 0 saturated heterocycles. The van der Waals surface area contributed by atoms with E-state index in [1.54, 1.807) is 30.0 Å². The van der Waals surface area contributed by atoms with Crippen LogP contribution >= 0.6 is 11.8 Å². The van der Waals surface area contributed by atoms with Gasteiger partial charge in [0.15, 0.2) is 6.61 Å². The maximum absolute atomic E-state index is 11.9.